The van der Waals surface area contributed by atoms with E-state index in [1.807, 2.05) is 13.8 Å². The zero-order valence-electron chi connectivity index (χ0n) is 13.9. The van der Waals surface area contributed by atoms with Crippen LogP contribution in [0, 0.1) is 5.92 Å². The second-order valence-electron chi connectivity index (χ2n) is 5.69. The zero-order valence-corrected chi connectivity index (χ0v) is 13.9. The number of amides is 2. The number of nitrogens with two attached hydrogens (primary N) is 1. The summed E-state index contributed by atoms with van der Waals surface area (Å²) in [5, 5.41) is 8.22. The van der Waals surface area contributed by atoms with Gasteiger partial charge in [0.05, 0.1) is 19.2 Å². The second kappa shape index (κ2) is 10.3. The average Bonchev–Trinajstić information content (AvgIpc) is 2.58. The van der Waals surface area contributed by atoms with Crippen LogP contribution in [0.15, 0.2) is 0 Å². The van der Waals surface area contributed by atoms with Crippen molar-refractivity contribution in [1.82, 2.24) is 16.0 Å². The van der Waals surface area contributed by atoms with Gasteiger partial charge in [-0.3, -0.25) is 14.4 Å². The SMILES string of the molecule is CCC(C)C(=O)C(CCN)NC(=O)CNC(=O)C1CNCCO1. The van der Waals surface area contributed by atoms with E-state index in [1.165, 1.54) is 0 Å². The number of hydrogen-bond acceptors (Lipinski definition) is 6. The third-order valence-corrected chi connectivity index (χ3v) is 3.88. The van der Waals surface area contributed by atoms with Crippen molar-refractivity contribution in [2.24, 2.45) is 11.7 Å². The molecule has 1 fully saturated rings. The van der Waals surface area contributed by atoms with E-state index in [2.05, 4.69) is 16.0 Å². The van der Waals surface area contributed by atoms with Gasteiger partial charge >= 0.3 is 0 Å². The zero-order chi connectivity index (χ0) is 17.2. The van der Waals surface area contributed by atoms with Crippen molar-refractivity contribution < 1.29 is 19.1 Å². The maximum Gasteiger partial charge on any atom is 0.250 e. The van der Waals surface area contributed by atoms with Gasteiger partial charge in [0.25, 0.3) is 5.91 Å². The summed E-state index contributed by atoms with van der Waals surface area (Å²) < 4.78 is 5.30. The van der Waals surface area contributed by atoms with Crippen LogP contribution in [-0.2, 0) is 19.1 Å². The first-order valence-corrected chi connectivity index (χ1v) is 8.12. The topological polar surface area (TPSA) is 123 Å². The smallest absolute Gasteiger partial charge is 0.250 e. The number of ketones is 1. The van der Waals surface area contributed by atoms with Crippen LogP contribution in [0.2, 0.25) is 0 Å². The number of Topliss-reactive ketones (excluding diaryl/α,β-unsaturated/α-hetero) is 1. The van der Waals surface area contributed by atoms with Gasteiger partial charge in [-0.05, 0) is 19.4 Å². The number of nitrogens with one attached hydrogen (secondary N) is 3. The van der Waals surface area contributed by atoms with Crippen molar-refractivity contribution in [1.29, 1.82) is 0 Å². The first-order valence-electron chi connectivity index (χ1n) is 8.12. The molecular weight excluding hydrogens is 300 g/mol. The van der Waals surface area contributed by atoms with Gasteiger partial charge in [-0.2, -0.15) is 0 Å². The van der Waals surface area contributed by atoms with Crippen molar-refractivity contribution in [2.75, 3.05) is 32.8 Å². The number of morpholine rings is 1. The number of carbonyl (C=O) groups excluding carboxylic acids is 3. The molecule has 1 aliphatic heterocycles. The Labute approximate surface area is 136 Å². The summed E-state index contributed by atoms with van der Waals surface area (Å²) in [6.45, 7) is 5.47. The summed E-state index contributed by atoms with van der Waals surface area (Å²) in [5.41, 5.74) is 5.51. The fourth-order valence-electron chi connectivity index (χ4n) is 2.26. The molecule has 8 heteroatoms. The largest absolute Gasteiger partial charge is 0.366 e. The fourth-order valence-corrected chi connectivity index (χ4v) is 2.26. The van der Waals surface area contributed by atoms with E-state index in [0.29, 0.717) is 39.1 Å². The van der Waals surface area contributed by atoms with Crippen LogP contribution >= 0.6 is 0 Å². The Morgan fingerprint density at radius 3 is 2.70 bits per heavy atom. The summed E-state index contributed by atoms with van der Waals surface area (Å²) in [6, 6.07) is -0.605. The Bertz CT molecular complexity index is 410. The molecule has 8 nitrogen and oxygen atoms in total. The minimum atomic E-state index is -0.605. The minimum absolute atomic E-state index is 0.0301. The number of ether oxygens (including phenoxy) is 1. The van der Waals surface area contributed by atoms with Crippen LogP contribution in [0.3, 0.4) is 0 Å². The monoisotopic (exact) mass is 328 g/mol. The molecule has 0 aliphatic carbocycles. The first kappa shape index (κ1) is 19.5. The van der Waals surface area contributed by atoms with E-state index < -0.39 is 18.1 Å². The molecule has 0 radical (unpaired) electrons. The van der Waals surface area contributed by atoms with Crippen LogP contribution in [0.4, 0.5) is 0 Å². The number of hydrogen-bond donors (Lipinski definition) is 4. The lowest BCUT2D eigenvalue weighted by molar-refractivity contribution is -0.136. The van der Waals surface area contributed by atoms with E-state index in [9.17, 15) is 14.4 Å². The number of carbonyl (C=O) groups is 3. The molecule has 23 heavy (non-hydrogen) atoms. The molecule has 0 bridgehead atoms. The second-order valence-corrected chi connectivity index (χ2v) is 5.69. The Balaban J connectivity index is 2.42. The third-order valence-electron chi connectivity index (χ3n) is 3.88. The van der Waals surface area contributed by atoms with Crippen LogP contribution < -0.4 is 21.7 Å². The highest BCUT2D eigenvalue weighted by Gasteiger charge is 2.25. The minimum Gasteiger partial charge on any atom is -0.366 e. The standard InChI is InChI=1S/C15H28N4O4/c1-3-10(2)14(21)11(4-5-16)19-13(20)9-18-15(22)12-8-17-6-7-23-12/h10-12,17H,3-9,16H2,1-2H3,(H,18,22)(H,19,20). The lowest BCUT2D eigenvalue weighted by atomic mass is 9.95. The molecule has 1 aliphatic rings. The average molecular weight is 328 g/mol. The maximum atomic E-state index is 12.2. The molecule has 132 valence electrons. The van der Waals surface area contributed by atoms with E-state index in [-0.39, 0.29) is 24.2 Å². The summed E-state index contributed by atoms with van der Waals surface area (Å²) >= 11 is 0. The van der Waals surface area contributed by atoms with Crippen molar-refractivity contribution in [3.8, 4) is 0 Å². The quantitative estimate of drug-likeness (QED) is 0.410. The van der Waals surface area contributed by atoms with Gasteiger partial charge in [0.15, 0.2) is 5.78 Å². The van der Waals surface area contributed by atoms with Gasteiger partial charge in [-0.25, -0.2) is 0 Å². The van der Waals surface area contributed by atoms with Gasteiger partial charge in [0, 0.05) is 19.0 Å². The molecule has 1 rings (SSSR count). The molecule has 3 unspecified atom stereocenters. The molecule has 1 saturated heterocycles. The van der Waals surface area contributed by atoms with Gasteiger partial charge in [-0.15, -0.1) is 0 Å². The summed E-state index contributed by atoms with van der Waals surface area (Å²) in [6.07, 6.45) is 0.509. The van der Waals surface area contributed by atoms with Crippen molar-refractivity contribution in [2.45, 2.75) is 38.8 Å². The van der Waals surface area contributed by atoms with E-state index in [0.717, 1.165) is 0 Å². The van der Waals surface area contributed by atoms with E-state index >= 15 is 0 Å². The summed E-state index contributed by atoms with van der Waals surface area (Å²) in [4.78, 5) is 36.0. The Kier molecular flexibility index (Phi) is 8.75. The number of rotatable bonds is 9. The van der Waals surface area contributed by atoms with Crippen molar-refractivity contribution in [3.05, 3.63) is 0 Å². The highest BCUT2D eigenvalue weighted by atomic mass is 16.5. The molecule has 0 aromatic carbocycles. The van der Waals surface area contributed by atoms with Crippen LogP contribution in [0.5, 0.6) is 0 Å². The van der Waals surface area contributed by atoms with Gasteiger partial charge in [0.2, 0.25) is 5.91 Å². The molecule has 0 spiro atoms. The maximum absolute atomic E-state index is 12.2. The molecule has 3 atom stereocenters. The molecule has 0 aromatic heterocycles. The van der Waals surface area contributed by atoms with Crippen LogP contribution in [0.1, 0.15) is 26.7 Å². The molecular formula is C15H28N4O4. The molecule has 0 aromatic rings. The Hall–Kier alpha value is -1.51. The molecule has 1 heterocycles. The lowest BCUT2D eigenvalue weighted by Crippen LogP contribution is -2.51. The van der Waals surface area contributed by atoms with E-state index in [1.54, 1.807) is 0 Å². The van der Waals surface area contributed by atoms with Gasteiger partial charge in [-0.1, -0.05) is 13.8 Å². The van der Waals surface area contributed by atoms with Crippen molar-refractivity contribution in [3.63, 3.8) is 0 Å². The van der Waals surface area contributed by atoms with Crippen LogP contribution in [0.25, 0.3) is 0 Å². The predicted molar refractivity (Wildman–Crippen MR) is 85.7 cm³/mol. The summed E-state index contributed by atoms with van der Waals surface area (Å²) in [5.74, 6) is -0.909. The molecule has 5 N–H and O–H groups in total. The molecule has 0 saturated carbocycles. The van der Waals surface area contributed by atoms with E-state index in [4.69, 9.17) is 10.5 Å². The van der Waals surface area contributed by atoms with Crippen LogP contribution in [-0.4, -0.2) is 62.5 Å². The highest BCUT2D eigenvalue weighted by Crippen LogP contribution is 2.07. The van der Waals surface area contributed by atoms with Gasteiger partial charge in [0.1, 0.15) is 6.10 Å². The highest BCUT2D eigenvalue weighted by molar-refractivity contribution is 5.92. The van der Waals surface area contributed by atoms with Gasteiger partial charge < -0.3 is 26.4 Å². The van der Waals surface area contributed by atoms with Crippen molar-refractivity contribution >= 4 is 17.6 Å². The lowest BCUT2D eigenvalue weighted by Gasteiger charge is -2.23. The Morgan fingerprint density at radius 1 is 1.39 bits per heavy atom. The normalized spacial score (nSPS) is 20.4. The predicted octanol–water partition coefficient (Wildman–Crippen LogP) is -1.46. The third kappa shape index (κ3) is 6.64. The Morgan fingerprint density at radius 2 is 2.13 bits per heavy atom. The summed E-state index contributed by atoms with van der Waals surface area (Å²) in [7, 11) is 0. The first-order chi connectivity index (χ1) is 11.0. The molecule has 2 amide bonds. The fraction of sp³-hybridized carbons (Fsp3) is 0.800.